The van der Waals surface area contributed by atoms with Crippen LogP contribution in [0, 0.1) is 5.92 Å². The Kier molecular flexibility index (Phi) is 9.31. The van der Waals surface area contributed by atoms with Crippen LogP contribution in [-0.2, 0) is 9.53 Å². The van der Waals surface area contributed by atoms with Crippen molar-refractivity contribution in [2.24, 2.45) is 5.92 Å². The zero-order chi connectivity index (χ0) is 14.6. The van der Waals surface area contributed by atoms with Gasteiger partial charge in [0.15, 0.2) is 0 Å². The Hall–Kier alpha value is -0.890. The van der Waals surface area contributed by atoms with Crippen LogP contribution in [-0.4, -0.2) is 19.5 Å². The van der Waals surface area contributed by atoms with Gasteiger partial charge < -0.3 is 4.74 Å². The number of ketones is 1. The molecule has 0 saturated heterocycles. The van der Waals surface area contributed by atoms with E-state index in [1.54, 1.807) is 7.11 Å². The van der Waals surface area contributed by atoms with Gasteiger partial charge in [0.25, 0.3) is 0 Å². The van der Waals surface area contributed by atoms with Gasteiger partial charge in [-0.3, -0.25) is 4.79 Å². The average molecular weight is 278 g/mol. The molecule has 0 aromatic carbocycles. The fraction of sp³-hybridized carbons (Fsp3) is 0.722. The molecule has 0 aromatic heterocycles. The zero-order valence-corrected chi connectivity index (χ0v) is 13.2. The summed E-state index contributed by atoms with van der Waals surface area (Å²) >= 11 is 0. The van der Waals surface area contributed by atoms with Crippen molar-refractivity contribution in [2.75, 3.05) is 13.7 Å². The van der Waals surface area contributed by atoms with E-state index in [4.69, 9.17) is 4.74 Å². The van der Waals surface area contributed by atoms with Crippen LogP contribution in [0.3, 0.4) is 0 Å². The summed E-state index contributed by atoms with van der Waals surface area (Å²) in [5.41, 5.74) is 1.25. The van der Waals surface area contributed by atoms with E-state index in [1.807, 2.05) is 0 Å². The first kappa shape index (κ1) is 17.2. The van der Waals surface area contributed by atoms with Crippen LogP contribution in [0.25, 0.3) is 0 Å². The Labute approximate surface area is 124 Å². The standard InChI is InChI=1S/C18H30O2/c1-3-4-5-6-7-8-13-18(19)17-12-10-9-11-16(17)14-15-20-2/h10-12,17H,3-9,13-15H2,1-2H3. The normalized spacial score (nSPS) is 18.1. The Morgan fingerprint density at radius 3 is 2.75 bits per heavy atom. The highest BCUT2D eigenvalue weighted by molar-refractivity contribution is 5.85. The van der Waals surface area contributed by atoms with Gasteiger partial charge in [-0.25, -0.2) is 0 Å². The van der Waals surface area contributed by atoms with Crippen LogP contribution >= 0.6 is 0 Å². The van der Waals surface area contributed by atoms with Gasteiger partial charge in [0.05, 0.1) is 5.92 Å². The van der Waals surface area contributed by atoms with E-state index in [0.29, 0.717) is 12.4 Å². The molecule has 114 valence electrons. The summed E-state index contributed by atoms with van der Waals surface area (Å²) in [4.78, 5) is 12.3. The maximum Gasteiger partial charge on any atom is 0.143 e. The molecule has 20 heavy (non-hydrogen) atoms. The summed E-state index contributed by atoms with van der Waals surface area (Å²) in [7, 11) is 1.71. The van der Waals surface area contributed by atoms with E-state index < -0.39 is 0 Å². The van der Waals surface area contributed by atoms with Crippen molar-refractivity contribution in [3.8, 4) is 0 Å². The van der Waals surface area contributed by atoms with Crippen molar-refractivity contribution in [3.05, 3.63) is 23.8 Å². The monoisotopic (exact) mass is 278 g/mol. The van der Waals surface area contributed by atoms with E-state index in [9.17, 15) is 4.79 Å². The smallest absolute Gasteiger partial charge is 0.143 e. The van der Waals surface area contributed by atoms with Gasteiger partial charge >= 0.3 is 0 Å². The average Bonchev–Trinajstić information content (AvgIpc) is 2.48. The number of rotatable bonds is 11. The van der Waals surface area contributed by atoms with Crippen LogP contribution in [0.15, 0.2) is 23.8 Å². The lowest BCUT2D eigenvalue weighted by Crippen LogP contribution is -2.17. The third-order valence-electron chi connectivity index (χ3n) is 3.96. The number of allylic oxidation sites excluding steroid dienone is 3. The lowest BCUT2D eigenvalue weighted by atomic mass is 9.86. The predicted octanol–water partition coefficient (Wildman–Crippen LogP) is 4.85. The Bertz CT molecular complexity index is 328. The minimum absolute atomic E-state index is 0.0227. The number of carbonyl (C=O) groups excluding carboxylic acids is 1. The maximum absolute atomic E-state index is 12.3. The summed E-state index contributed by atoms with van der Waals surface area (Å²) in [6.07, 6.45) is 16.4. The largest absolute Gasteiger partial charge is 0.384 e. The highest BCUT2D eigenvalue weighted by Gasteiger charge is 2.20. The summed E-state index contributed by atoms with van der Waals surface area (Å²) in [5, 5.41) is 0. The van der Waals surface area contributed by atoms with E-state index in [-0.39, 0.29) is 5.92 Å². The third-order valence-corrected chi connectivity index (χ3v) is 3.96. The summed E-state index contributed by atoms with van der Waals surface area (Å²) in [6.45, 7) is 2.94. The zero-order valence-electron chi connectivity index (χ0n) is 13.2. The minimum atomic E-state index is 0.0227. The summed E-state index contributed by atoms with van der Waals surface area (Å²) in [5.74, 6) is 0.410. The second-order valence-corrected chi connectivity index (χ2v) is 5.65. The molecule has 2 nitrogen and oxygen atoms in total. The molecule has 1 aliphatic carbocycles. The van der Waals surface area contributed by atoms with Gasteiger partial charge in [0.1, 0.15) is 5.78 Å². The Balaban J connectivity index is 2.27. The van der Waals surface area contributed by atoms with E-state index in [0.717, 1.165) is 25.7 Å². The molecule has 1 atom stereocenters. The van der Waals surface area contributed by atoms with Gasteiger partial charge in [-0.1, -0.05) is 62.8 Å². The first-order chi connectivity index (χ1) is 9.79. The first-order valence-electron chi connectivity index (χ1n) is 8.16. The molecular formula is C18H30O2. The van der Waals surface area contributed by atoms with E-state index in [2.05, 4.69) is 25.2 Å². The Morgan fingerprint density at radius 2 is 2.00 bits per heavy atom. The molecular weight excluding hydrogens is 248 g/mol. The second kappa shape index (κ2) is 10.8. The van der Waals surface area contributed by atoms with Crippen LogP contribution < -0.4 is 0 Å². The van der Waals surface area contributed by atoms with Crippen molar-refractivity contribution >= 4 is 5.78 Å². The van der Waals surface area contributed by atoms with Gasteiger partial charge in [-0.15, -0.1) is 0 Å². The molecule has 1 unspecified atom stereocenters. The molecule has 0 radical (unpaired) electrons. The predicted molar refractivity (Wildman–Crippen MR) is 84.8 cm³/mol. The van der Waals surface area contributed by atoms with E-state index >= 15 is 0 Å². The van der Waals surface area contributed by atoms with Crippen molar-refractivity contribution < 1.29 is 9.53 Å². The fourth-order valence-corrected chi connectivity index (χ4v) is 2.71. The number of Topliss-reactive ketones (excluding diaryl/α,β-unsaturated/α-hetero) is 1. The quantitative estimate of drug-likeness (QED) is 0.399. The fourth-order valence-electron chi connectivity index (χ4n) is 2.71. The summed E-state index contributed by atoms with van der Waals surface area (Å²) < 4.78 is 5.13. The maximum atomic E-state index is 12.3. The highest BCUT2D eigenvalue weighted by atomic mass is 16.5. The van der Waals surface area contributed by atoms with Gasteiger partial charge in [-0.2, -0.15) is 0 Å². The molecule has 2 heteroatoms. The van der Waals surface area contributed by atoms with Gasteiger partial charge in [-0.05, 0) is 19.3 Å². The lowest BCUT2D eigenvalue weighted by molar-refractivity contribution is -0.120. The van der Waals surface area contributed by atoms with Crippen molar-refractivity contribution in [2.45, 2.75) is 64.7 Å². The Morgan fingerprint density at radius 1 is 1.25 bits per heavy atom. The molecule has 0 saturated carbocycles. The van der Waals surface area contributed by atoms with E-state index in [1.165, 1.54) is 37.7 Å². The number of carbonyl (C=O) groups is 1. The SMILES string of the molecule is CCCCCCCCC(=O)C1C=CCC=C1CCOC. The molecule has 0 heterocycles. The number of hydrogen-bond acceptors (Lipinski definition) is 2. The molecule has 0 N–H and O–H groups in total. The van der Waals surface area contributed by atoms with Crippen molar-refractivity contribution in [3.63, 3.8) is 0 Å². The molecule has 0 fully saturated rings. The molecule has 0 aromatic rings. The van der Waals surface area contributed by atoms with Crippen LogP contribution in [0.4, 0.5) is 0 Å². The molecule has 0 spiro atoms. The highest BCUT2D eigenvalue weighted by Crippen LogP contribution is 2.25. The van der Waals surface area contributed by atoms with Crippen molar-refractivity contribution in [1.82, 2.24) is 0 Å². The molecule has 0 aliphatic heterocycles. The van der Waals surface area contributed by atoms with Crippen LogP contribution in [0.2, 0.25) is 0 Å². The topological polar surface area (TPSA) is 26.3 Å². The first-order valence-corrected chi connectivity index (χ1v) is 8.16. The molecule has 0 bridgehead atoms. The van der Waals surface area contributed by atoms with Crippen LogP contribution in [0.1, 0.15) is 64.7 Å². The molecule has 1 rings (SSSR count). The third kappa shape index (κ3) is 6.51. The number of hydrogen-bond donors (Lipinski definition) is 0. The van der Waals surface area contributed by atoms with Crippen molar-refractivity contribution in [1.29, 1.82) is 0 Å². The van der Waals surface area contributed by atoms with Gasteiger partial charge in [0, 0.05) is 20.1 Å². The number of unbranched alkanes of at least 4 members (excludes halogenated alkanes) is 5. The number of ether oxygens (including phenoxy) is 1. The van der Waals surface area contributed by atoms with Gasteiger partial charge in [0.2, 0.25) is 0 Å². The minimum Gasteiger partial charge on any atom is -0.384 e. The van der Waals surface area contributed by atoms with Crippen LogP contribution in [0.5, 0.6) is 0 Å². The molecule has 1 aliphatic rings. The second-order valence-electron chi connectivity index (χ2n) is 5.65. The summed E-state index contributed by atoms with van der Waals surface area (Å²) in [6, 6.07) is 0. The number of methoxy groups -OCH3 is 1. The lowest BCUT2D eigenvalue weighted by Gasteiger charge is -2.19. The molecule has 0 amide bonds.